The fourth-order valence-electron chi connectivity index (χ4n) is 2.26. The van der Waals surface area contributed by atoms with E-state index in [4.69, 9.17) is 4.42 Å². The molecule has 0 saturated carbocycles. The summed E-state index contributed by atoms with van der Waals surface area (Å²) in [7, 11) is 0. The second-order valence-corrected chi connectivity index (χ2v) is 5.28. The van der Waals surface area contributed by atoms with E-state index in [2.05, 4.69) is 4.98 Å². The van der Waals surface area contributed by atoms with Crippen molar-refractivity contribution in [3.8, 4) is 17.4 Å². The van der Waals surface area contributed by atoms with Crippen LogP contribution >= 0.6 is 0 Å². The van der Waals surface area contributed by atoms with Gasteiger partial charge < -0.3 is 4.42 Å². The number of pyridine rings is 1. The number of alkyl halides is 3. The van der Waals surface area contributed by atoms with E-state index in [1.165, 1.54) is 18.2 Å². The number of allylic oxidation sites excluding steroid dienone is 1. The molecule has 0 atom stereocenters. The summed E-state index contributed by atoms with van der Waals surface area (Å²) >= 11 is 0. The highest BCUT2D eigenvalue weighted by molar-refractivity contribution is 5.87. The first-order valence-electron chi connectivity index (χ1n) is 7.38. The number of nitriles is 1. The van der Waals surface area contributed by atoms with E-state index in [1.54, 1.807) is 24.3 Å². The summed E-state index contributed by atoms with van der Waals surface area (Å²) in [6, 6.07) is 12.9. The highest BCUT2D eigenvalue weighted by Gasteiger charge is 2.30. The van der Waals surface area contributed by atoms with Gasteiger partial charge in [-0.25, -0.2) is 4.39 Å². The van der Waals surface area contributed by atoms with Crippen molar-refractivity contribution in [1.29, 1.82) is 5.26 Å². The molecule has 0 aliphatic rings. The van der Waals surface area contributed by atoms with Crippen LogP contribution in [0.5, 0.6) is 0 Å². The van der Waals surface area contributed by atoms with Crippen LogP contribution in [0.4, 0.5) is 17.6 Å². The lowest BCUT2D eigenvalue weighted by Crippen LogP contribution is -2.05. The zero-order valence-corrected chi connectivity index (χ0v) is 13.1. The lowest BCUT2D eigenvalue weighted by molar-refractivity contribution is -0.137. The predicted octanol–water partition coefficient (Wildman–Crippen LogP) is 5.56. The van der Waals surface area contributed by atoms with Crippen molar-refractivity contribution < 1.29 is 22.0 Å². The summed E-state index contributed by atoms with van der Waals surface area (Å²) in [6.07, 6.45) is -2.51. The van der Waals surface area contributed by atoms with Crippen LogP contribution in [-0.4, -0.2) is 4.98 Å². The van der Waals surface area contributed by atoms with E-state index in [0.717, 1.165) is 12.1 Å². The maximum Gasteiger partial charge on any atom is 0.417 e. The fraction of sp³-hybridized carbons (Fsp3) is 0.0526. The van der Waals surface area contributed by atoms with Crippen LogP contribution in [0.25, 0.3) is 23.0 Å². The summed E-state index contributed by atoms with van der Waals surface area (Å²) in [4.78, 5) is 3.68. The van der Waals surface area contributed by atoms with Crippen LogP contribution in [-0.2, 0) is 6.18 Å². The smallest absolute Gasteiger partial charge is 0.417 e. The minimum absolute atomic E-state index is 0.0214. The molecule has 0 aliphatic carbocycles. The summed E-state index contributed by atoms with van der Waals surface area (Å²) in [5.74, 6) is 0.0656. The topological polar surface area (TPSA) is 49.8 Å². The van der Waals surface area contributed by atoms with E-state index in [9.17, 15) is 22.8 Å². The number of hydrogen-bond acceptors (Lipinski definition) is 3. The van der Waals surface area contributed by atoms with Gasteiger partial charge in [0.25, 0.3) is 0 Å². The van der Waals surface area contributed by atoms with Gasteiger partial charge in [0.05, 0.1) is 22.4 Å². The van der Waals surface area contributed by atoms with Gasteiger partial charge in [0, 0.05) is 12.3 Å². The molecule has 26 heavy (non-hydrogen) atoms. The molecule has 7 heteroatoms. The van der Waals surface area contributed by atoms with Gasteiger partial charge in [-0.1, -0.05) is 12.1 Å². The normalized spacial score (nSPS) is 12.0. The quantitative estimate of drug-likeness (QED) is 0.455. The Labute approximate surface area is 145 Å². The molecule has 0 saturated heterocycles. The van der Waals surface area contributed by atoms with Crippen LogP contribution in [0, 0.1) is 17.1 Å². The minimum atomic E-state index is -4.50. The highest BCUT2D eigenvalue weighted by Crippen LogP contribution is 2.30. The van der Waals surface area contributed by atoms with Gasteiger partial charge in [-0.2, -0.15) is 18.4 Å². The molecular weight excluding hydrogens is 348 g/mol. The number of benzene rings is 1. The summed E-state index contributed by atoms with van der Waals surface area (Å²) in [5.41, 5.74) is -0.547. The molecular formula is C19H10F4N2O. The van der Waals surface area contributed by atoms with Crippen molar-refractivity contribution in [1.82, 2.24) is 4.98 Å². The van der Waals surface area contributed by atoms with Crippen molar-refractivity contribution in [2.24, 2.45) is 0 Å². The Morgan fingerprint density at radius 1 is 1.08 bits per heavy atom. The number of rotatable bonds is 3. The monoisotopic (exact) mass is 358 g/mol. The van der Waals surface area contributed by atoms with Gasteiger partial charge in [-0.3, -0.25) is 4.98 Å². The molecule has 0 amide bonds. The van der Waals surface area contributed by atoms with E-state index in [-0.39, 0.29) is 28.4 Å². The van der Waals surface area contributed by atoms with Gasteiger partial charge >= 0.3 is 6.18 Å². The Balaban J connectivity index is 1.91. The standard InChI is InChI=1S/C19H10F4N2O/c20-16-4-2-1-3-15(16)18-8-6-14(26-18)9-12(10-24)17-7-5-13(11-25-17)19(21,22)23/h1-9,11H/b12-9+. The fourth-order valence-corrected chi connectivity index (χ4v) is 2.26. The average molecular weight is 358 g/mol. The van der Waals surface area contributed by atoms with Crippen molar-refractivity contribution in [3.63, 3.8) is 0 Å². The van der Waals surface area contributed by atoms with E-state index in [0.29, 0.717) is 6.20 Å². The Morgan fingerprint density at radius 3 is 2.46 bits per heavy atom. The SMILES string of the molecule is N#C/C(=C\c1ccc(-c2ccccc2F)o1)c1ccc(C(F)(F)F)cn1. The molecule has 0 N–H and O–H groups in total. The molecule has 3 rings (SSSR count). The van der Waals surface area contributed by atoms with E-state index in [1.807, 2.05) is 6.07 Å². The van der Waals surface area contributed by atoms with Gasteiger partial charge in [0.2, 0.25) is 0 Å². The first-order chi connectivity index (χ1) is 12.4. The lowest BCUT2D eigenvalue weighted by Gasteiger charge is -2.06. The van der Waals surface area contributed by atoms with Gasteiger partial charge in [-0.15, -0.1) is 0 Å². The molecule has 1 aromatic carbocycles. The maximum atomic E-state index is 13.8. The Hall–Kier alpha value is -3.40. The summed E-state index contributed by atoms with van der Waals surface area (Å²) in [6.45, 7) is 0. The van der Waals surface area contributed by atoms with Gasteiger partial charge in [0.15, 0.2) is 0 Å². The molecule has 0 radical (unpaired) electrons. The molecule has 0 aliphatic heterocycles. The minimum Gasteiger partial charge on any atom is -0.457 e. The van der Waals surface area contributed by atoms with Crippen LogP contribution < -0.4 is 0 Å². The molecule has 130 valence electrons. The third-order valence-electron chi connectivity index (χ3n) is 3.54. The van der Waals surface area contributed by atoms with Crippen LogP contribution in [0.1, 0.15) is 17.0 Å². The third kappa shape index (κ3) is 3.64. The molecule has 2 aromatic heterocycles. The molecule has 2 heterocycles. The zero-order valence-electron chi connectivity index (χ0n) is 13.1. The predicted molar refractivity (Wildman–Crippen MR) is 86.8 cm³/mol. The van der Waals surface area contributed by atoms with Crippen molar-refractivity contribution in [2.45, 2.75) is 6.18 Å². The average Bonchev–Trinajstić information content (AvgIpc) is 3.08. The number of hydrogen-bond donors (Lipinski definition) is 0. The van der Waals surface area contributed by atoms with E-state index < -0.39 is 17.6 Å². The maximum absolute atomic E-state index is 13.8. The first kappa shape index (κ1) is 17.4. The molecule has 0 unspecified atom stereocenters. The Kier molecular flexibility index (Phi) is 4.59. The van der Waals surface area contributed by atoms with Crippen LogP contribution in [0.15, 0.2) is 59.1 Å². The van der Waals surface area contributed by atoms with E-state index >= 15 is 0 Å². The lowest BCUT2D eigenvalue weighted by atomic mass is 10.1. The zero-order chi connectivity index (χ0) is 18.7. The van der Waals surface area contributed by atoms with Gasteiger partial charge in [0.1, 0.15) is 23.4 Å². The number of furan rings is 1. The molecule has 0 fully saturated rings. The second-order valence-electron chi connectivity index (χ2n) is 5.28. The largest absolute Gasteiger partial charge is 0.457 e. The molecule has 0 spiro atoms. The summed E-state index contributed by atoms with van der Waals surface area (Å²) in [5, 5.41) is 9.26. The summed E-state index contributed by atoms with van der Waals surface area (Å²) < 4.78 is 57.0. The molecule has 3 nitrogen and oxygen atoms in total. The third-order valence-corrected chi connectivity index (χ3v) is 3.54. The van der Waals surface area contributed by atoms with Crippen molar-refractivity contribution >= 4 is 11.6 Å². The molecule has 0 bridgehead atoms. The van der Waals surface area contributed by atoms with Crippen LogP contribution in [0.3, 0.4) is 0 Å². The second kappa shape index (κ2) is 6.84. The number of halogens is 4. The van der Waals surface area contributed by atoms with Crippen LogP contribution in [0.2, 0.25) is 0 Å². The van der Waals surface area contributed by atoms with Gasteiger partial charge in [-0.05, 0) is 36.4 Å². The van der Waals surface area contributed by atoms with Crippen molar-refractivity contribution in [2.75, 3.05) is 0 Å². The Bertz CT molecular complexity index is 995. The van der Waals surface area contributed by atoms with Crippen molar-refractivity contribution in [3.05, 3.63) is 77.6 Å². The molecule has 3 aromatic rings. The number of aromatic nitrogens is 1. The first-order valence-corrected chi connectivity index (χ1v) is 7.38. The highest BCUT2D eigenvalue weighted by atomic mass is 19.4. The number of nitrogens with zero attached hydrogens (tertiary/aromatic N) is 2. The Morgan fingerprint density at radius 2 is 1.85 bits per heavy atom.